The predicted octanol–water partition coefficient (Wildman–Crippen LogP) is 0.770. The second-order valence-corrected chi connectivity index (χ2v) is 5.04. The van der Waals surface area contributed by atoms with Crippen LogP contribution in [0.25, 0.3) is 0 Å². The van der Waals surface area contributed by atoms with E-state index in [-0.39, 0.29) is 12.1 Å². The van der Waals surface area contributed by atoms with Gasteiger partial charge in [0.15, 0.2) is 0 Å². The fourth-order valence-corrected chi connectivity index (χ4v) is 1.16. The summed E-state index contributed by atoms with van der Waals surface area (Å²) in [7, 11) is 0. The van der Waals surface area contributed by atoms with Gasteiger partial charge >= 0.3 is 0 Å². The summed E-state index contributed by atoms with van der Waals surface area (Å²) in [5.74, 6) is 0.485. The van der Waals surface area contributed by atoms with Crippen LogP contribution in [0, 0.1) is 5.92 Å². The van der Waals surface area contributed by atoms with E-state index in [1.54, 1.807) is 0 Å². The summed E-state index contributed by atoms with van der Waals surface area (Å²) in [6.07, 6.45) is 0.305. The molecule has 0 rings (SSSR count). The number of aliphatic hydroxyl groups excluding tert-OH is 2. The molecule has 0 saturated carbocycles. The van der Waals surface area contributed by atoms with Crippen LogP contribution in [0.3, 0.4) is 0 Å². The van der Waals surface area contributed by atoms with Gasteiger partial charge in [-0.15, -0.1) is 0 Å². The van der Waals surface area contributed by atoms with Crippen LogP contribution in [0.1, 0.15) is 34.1 Å². The van der Waals surface area contributed by atoms with Crippen molar-refractivity contribution in [1.82, 2.24) is 5.32 Å². The molecule has 0 bridgehead atoms. The molecule has 4 heteroatoms. The van der Waals surface area contributed by atoms with Crippen molar-refractivity contribution >= 4 is 0 Å². The van der Waals surface area contributed by atoms with Gasteiger partial charge < -0.3 is 20.3 Å². The molecule has 0 aromatic heterocycles. The molecule has 0 aliphatic heterocycles. The summed E-state index contributed by atoms with van der Waals surface area (Å²) in [4.78, 5) is 0. The molecule has 0 radical (unpaired) electrons. The highest BCUT2D eigenvalue weighted by molar-refractivity contribution is 4.81. The Bertz CT molecular complexity index is 170. The number of rotatable bonds is 9. The fourth-order valence-electron chi connectivity index (χ4n) is 1.16. The summed E-state index contributed by atoms with van der Waals surface area (Å²) < 4.78 is 5.34. The molecule has 0 heterocycles. The molecular weight excluding hydrogens is 206 g/mol. The van der Waals surface area contributed by atoms with Gasteiger partial charge in [-0.3, -0.25) is 0 Å². The van der Waals surface area contributed by atoms with Crippen molar-refractivity contribution in [3.63, 3.8) is 0 Å². The van der Waals surface area contributed by atoms with E-state index in [4.69, 9.17) is 4.74 Å². The lowest BCUT2D eigenvalue weighted by Gasteiger charge is -2.28. The number of nitrogens with one attached hydrogen (secondary N) is 1. The number of ether oxygens (including phenoxy) is 1. The first-order valence-electron chi connectivity index (χ1n) is 6.05. The van der Waals surface area contributed by atoms with Gasteiger partial charge in [0.2, 0.25) is 0 Å². The SMILES string of the molecule is CCC(C)(CO)NCC(O)COCC(C)C. The number of aliphatic hydroxyl groups is 2. The van der Waals surface area contributed by atoms with Gasteiger partial charge in [0.25, 0.3) is 0 Å². The van der Waals surface area contributed by atoms with E-state index in [9.17, 15) is 10.2 Å². The average Bonchev–Trinajstić information content (AvgIpc) is 2.25. The van der Waals surface area contributed by atoms with E-state index in [1.807, 2.05) is 13.8 Å². The predicted molar refractivity (Wildman–Crippen MR) is 65.4 cm³/mol. The van der Waals surface area contributed by atoms with Crippen molar-refractivity contribution in [2.24, 2.45) is 5.92 Å². The van der Waals surface area contributed by atoms with Gasteiger partial charge in [-0.1, -0.05) is 20.8 Å². The number of hydrogen-bond acceptors (Lipinski definition) is 4. The van der Waals surface area contributed by atoms with E-state index >= 15 is 0 Å². The van der Waals surface area contributed by atoms with Crippen LogP contribution in [0.4, 0.5) is 0 Å². The largest absolute Gasteiger partial charge is 0.394 e. The molecule has 98 valence electrons. The maximum Gasteiger partial charge on any atom is 0.0897 e. The molecule has 2 unspecified atom stereocenters. The molecule has 3 N–H and O–H groups in total. The molecule has 0 amide bonds. The van der Waals surface area contributed by atoms with E-state index in [1.165, 1.54) is 0 Å². The maximum atomic E-state index is 9.65. The van der Waals surface area contributed by atoms with Gasteiger partial charge in [0, 0.05) is 18.7 Å². The Morgan fingerprint density at radius 1 is 1.31 bits per heavy atom. The summed E-state index contributed by atoms with van der Waals surface area (Å²) in [5.41, 5.74) is -0.307. The lowest BCUT2D eigenvalue weighted by atomic mass is 10.0. The van der Waals surface area contributed by atoms with Crippen LogP contribution in [-0.2, 0) is 4.74 Å². The normalized spacial score (nSPS) is 17.4. The summed E-state index contributed by atoms with van der Waals surface area (Å²) in [6.45, 7) is 9.62. The van der Waals surface area contributed by atoms with Crippen LogP contribution >= 0.6 is 0 Å². The van der Waals surface area contributed by atoms with Crippen LogP contribution in [0.2, 0.25) is 0 Å². The molecule has 0 aromatic rings. The summed E-state index contributed by atoms with van der Waals surface area (Å²) >= 11 is 0. The molecule has 0 aliphatic carbocycles. The van der Waals surface area contributed by atoms with Gasteiger partial charge in [-0.2, -0.15) is 0 Å². The second kappa shape index (κ2) is 8.01. The summed E-state index contributed by atoms with van der Waals surface area (Å²) in [5, 5.41) is 22.0. The maximum absolute atomic E-state index is 9.65. The zero-order valence-electron chi connectivity index (χ0n) is 11.0. The van der Waals surface area contributed by atoms with Crippen molar-refractivity contribution in [3.05, 3.63) is 0 Å². The zero-order chi connectivity index (χ0) is 12.6. The van der Waals surface area contributed by atoms with Crippen LogP contribution in [0.5, 0.6) is 0 Å². The second-order valence-electron chi connectivity index (χ2n) is 5.04. The average molecular weight is 233 g/mol. The third kappa shape index (κ3) is 7.17. The van der Waals surface area contributed by atoms with E-state index in [0.29, 0.717) is 25.7 Å². The third-order valence-corrected chi connectivity index (χ3v) is 2.66. The highest BCUT2D eigenvalue weighted by atomic mass is 16.5. The highest BCUT2D eigenvalue weighted by Gasteiger charge is 2.21. The molecule has 0 aliphatic rings. The van der Waals surface area contributed by atoms with Crippen molar-refractivity contribution in [3.8, 4) is 0 Å². The fraction of sp³-hybridized carbons (Fsp3) is 1.00. The highest BCUT2D eigenvalue weighted by Crippen LogP contribution is 2.07. The first-order chi connectivity index (χ1) is 7.43. The molecular formula is C12H27NO3. The van der Waals surface area contributed by atoms with Crippen molar-refractivity contribution < 1.29 is 14.9 Å². The van der Waals surface area contributed by atoms with E-state index < -0.39 is 6.10 Å². The molecule has 0 fully saturated rings. The minimum absolute atomic E-state index is 0.0725. The third-order valence-electron chi connectivity index (χ3n) is 2.66. The van der Waals surface area contributed by atoms with Crippen LogP contribution < -0.4 is 5.32 Å². The number of hydrogen-bond donors (Lipinski definition) is 3. The minimum Gasteiger partial charge on any atom is -0.394 e. The Balaban J connectivity index is 3.67. The molecule has 4 nitrogen and oxygen atoms in total. The van der Waals surface area contributed by atoms with Gasteiger partial charge in [-0.05, 0) is 19.3 Å². The topological polar surface area (TPSA) is 61.7 Å². The lowest BCUT2D eigenvalue weighted by Crippen LogP contribution is -2.48. The molecule has 16 heavy (non-hydrogen) atoms. The van der Waals surface area contributed by atoms with Gasteiger partial charge in [0.05, 0.1) is 19.3 Å². The van der Waals surface area contributed by atoms with Crippen molar-refractivity contribution in [2.45, 2.75) is 45.8 Å². The molecule has 0 saturated heterocycles. The first kappa shape index (κ1) is 15.8. The standard InChI is InChI=1S/C12H27NO3/c1-5-12(4,9-14)13-6-11(15)8-16-7-10(2)3/h10-11,13-15H,5-9H2,1-4H3. The van der Waals surface area contributed by atoms with E-state index in [0.717, 1.165) is 6.42 Å². The van der Waals surface area contributed by atoms with Crippen molar-refractivity contribution in [1.29, 1.82) is 0 Å². The van der Waals surface area contributed by atoms with Crippen LogP contribution in [0.15, 0.2) is 0 Å². The lowest BCUT2D eigenvalue weighted by molar-refractivity contribution is 0.0202. The van der Waals surface area contributed by atoms with Gasteiger partial charge in [-0.25, -0.2) is 0 Å². The smallest absolute Gasteiger partial charge is 0.0897 e. The van der Waals surface area contributed by atoms with Gasteiger partial charge in [0.1, 0.15) is 0 Å². The Labute approximate surface area is 99.0 Å². The monoisotopic (exact) mass is 233 g/mol. The Hall–Kier alpha value is -0.160. The first-order valence-corrected chi connectivity index (χ1v) is 6.05. The Morgan fingerprint density at radius 3 is 2.38 bits per heavy atom. The Morgan fingerprint density at radius 2 is 1.94 bits per heavy atom. The summed E-state index contributed by atoms with van der Waals surface area (Å²) in [6, 6.07) is 0. The minimum atomic E-state index is -0.517. The van der Waals surface area contributed by atoms with Crippen LogP contribution in [-0.4, -0.2) is 48.2 Å². The molecule has 0 spiro atoms. The van der Waals surface area contributed by atoms with Crippen molar-refractivity contribution in [2.75, 3.05) is 26.4 Å². The quantitative estimate of drug-likeness (QED) is 0.550. The van der Waals surface area contributed by atoms with E-state index in [2.05, 4.69) is 19.2 Å². The zero-order valence-corrected chi connectivity index (χ0v) is 11.0. The Kier molecular flexibility index (Phi) is 7.93. The molecule has 2 atom stereocenters. The number of β-amino-alcohol motifs (C(OH)–C–C–N with tert-alkyl or cyclic N) is 1. The molecule has 0 aromatic carbocycles.